The maximum absolute atomic E-state index is 11.5. The van der Waals surface area contributed by atoms with Crippen molar-refractivity contribution >= 4 is 0 Å². The molecule has 90 valence electrons. The molecule has 0 atom stereocenters. The number of nitrogens with one attached hydrogen (secondary N) is 1. The predicted molar refractivity (Wildman–Crippen MR) is 65.5 cm³/mol. The first kappa shape index (κ1) is 11.5. The summed E-state index contributed by atoms with van der Waals surface area (Å²) in [6, 6.07) is 5.53. The van der Waals surface area contributed by atoms with Gasteiger partial charge in [0.05, 0.1) is 12.3 Å². The van der Waals surface area contributed by atoms with Gasteiger partial charge in [0.15, 0.2) is 0 Å². The summed E-state index contributed by atoms with van der Waals surface area (Å²) < 4.78 is 6.98. The van der Waals surface area contributed by atoms with Gasteiger partial charge in [0.1, 0.15) is 5.75 Å². The standard InChI is InChI=1S/C12H15N3O2/c1-2-17-11-4-3-10(7-9(11)8-13)15-6-5-14-12(15)16/h3-7H,2,8,13H2,1H3,(H,14,16). The molecule has 1 heterocycles. The summed E-state index contributed by atoms with van der Waals surface area (Å²) in [5, 5.41) is 0. The summed E-state index contributed by atoms with van der Waals surface area (Å²) in [5.74, 6) is 0.766. The molecule has 5 heteroatoms. The molecule has 1 aromatic heterocycles. The van der Waals surface area contributed by atoms with Crippen molar-refractivity contribution in [3.63, 3.8) is 0 Å². The van der Waals surface area contributed by atoms with E-state index in [1.165, 1.54) is 4.57 Å². The Labute approximate surface area is 98.8 Å². The van der Waals surface area contributed by atoms with Crippen LogP contribution in [0.4, 0.5) is 0 Å². The summed E-state index contributed by atoms with van der Waals surface area (Å²) in [6.45, 7) is 2.89. The zero-order valence-electron chi connectivity index (χ0n) is 9.64. The van der Waals surface area contributed by atoms with E-state index in [1.807, 2.05) is 25.1 Å². The van der Waals surface area contributed by atoms with E-state index in [1.54, 1.807) is 12.4 Å². The van der Waals surface area contributed by atoms with Crippen molar-refractivity contribution in [1.82, 2.24) is 9.55 Å². The Hall–Kier alpha value is -2.01. The zero-order valence-corrected chi connectivity index (χ0v) is 9.64. The number of nitrogens with two attached hydrogens (primary N) is 1. The second kappa shape index (κ2) is 4.88. The lowest BCUT2D eigenvalue weighted by molar-refractivity contribution is 0.336. The van der Waals surface area contributed by atoms with Crippen LogP contribution in [0, 0.1) is 0 Å². The molecule has 1 aromatic carbocycles. The predicted octanol–water partition coefficient (Wildman–Crippen LogP) is 1.02. The first-order valence-electron chi connectivity index (χ1n) is 5.48. The Bertz CT molecular complexity index is 557. The summed E-state index contributed by atoms with van der Waals surface area (Å²) in [4.78, 5) is 14.1. The van der Waals surface area contributed by atoms with Crippen LogP contribution in [0.2, 0.25) is 0 Å². The van der Waals surface area contributed by atoms with Crippen molar-refractivity contribution in [1.29, 1.82) is 0 Å². The molecule has 0 spiro atoms. The topological polar surface area (TPSA) is 73.0 Å². The maximum Gasteiger partial charge on any atom is 0.330 e. The van der Waals surface area contributed by atoms with Crippen molar-refractivity contribution in [3.8, 4) is 11.4 Å². The van der Waals surface area contributed by atoms with Crippen LogP contribution >= 0.6 is 0 Å². The molecule has 0 saturated carbocycles. The minimum absolute atomic E-state index is 0.169. The number of hydrogen-bond acceptors (Lipinski definition) is 3. The summed E-state index contributed by atoms with van der Waals surface area (Å²) in [6.07, 6.45) is 3.28. The lowest BCUT2D eigenvalue weighted by Crippen LogP contribution is -2.14. The minimum atomic E-state index is -0.169. The molecule has 0 radical (unpaired) electrons. The van der Waals surface area contributed by atoms with Crippen LogP contribution < -0.4 is 16.2 Å². The number of benzene rings is 1. The summed E-state index contributed by atoms with van der Waals surface area (Å²) in [7, 11) is 0. The van der Waals surface area contributed by atoms with Crippen LogP contribution in [-0.4, -0.2) is 16.2 Å². The molecular weight excluding hydrogens is 218 g/mol. The fraction of sp³-hybridized carbons (Fsp3) is 0.250. The maximum atomic E-state index is 11.5. The van der Waals surface area contributed by atoms with E-state index in [4.69, 9.17) is 10.5 Å². The van der Waals surface area contributed by atoms with Gasteiger partial charge in [0.2, 0.25) is 0 Å². The average Bonchev–Trinajstić information content (AvgIpc) is 2.76. The molecule has 0 aliphatic heterocycles. The van der Waals surface area contributed by atoms with Gasteiger partial charge >= 0.3 is 5.69 Å². The van der Waals surface area contributed by atoms with Crippen molar-refractivity contribution in [3.05, 3.63) is 46.6 Å². The van der Waals surface area contributed by atoms with Gasteiger partial charge in [0.25, 0.3) is 0 Å². The number of imidazole rings is 1. The number of aromatic amines is 1. The lowest BCUT2D eigenvalue weighted by atomic mass is 10.1. The monoisotopic (exact) mass is 233 g/mol. The summed E-state index contributed by atoms with van der Waals surface area (Å²) >= 11 is 0. The molecule has 5 nitrogen and oxygen atoms in total. The first-order chi connectivity index (χ1) is 8.26. The van der Waals surface area contributed by atoms with Gasteiger partial charge in [-0.15, -0.1) is 0 Å². The highest BCUT2D eigenvalue weighted by Crippen LogP contribution is 2.21. The molecule has 0 unspecified atom stereocenters. The highest BCUT2D eigenvalue weighted by molar-refractivity contribution is 5.44. The Kier molecular flexibility index (Phi) is 3.30. The fourth-order valence-electron chi connectivity index (χ4n) is 1.70. The van der Waals surface area contributed by atoms with Crippen LogP contribution in [0.1, 0.15) is 12.5 Å². The third-order valence-corrected chi connectivity index (χ3v) is 2.49. The molecule has 0 bridgehead atoms. The Morgan fingerprint density at radius 1 is 1.47 bits per heavy atom. The Morgan fingerprint density at radius 3 is 2.88 bits per heavy atom. The smallest absolute Gasteiger partial charge is 0.330 e. The highest BCUT2D eigenvalue weighted by atomic mass is 16.5. The van der Waals surface area contributed by atoms with Gasteiger partial charge in [-0.3, -0.25) is 4.57 Å². The van der Waals surface area contributed by atoms with Crippen molar-refractivity contribution in [2.24, 2.45) is 5.73 Å². The van der Waals surface area contributed by atoms with E-state index >= 15 is 0 Å². The van der Waals surface area contributed by atoms with Crippen LogP contribution in [-0.2, 0) is 6.54 Å². The van der Waals surface area contributed by atoms with Gasteiger partial charge in [-0.05, 0) is 25.1 Å². The SMILES string of the molecule is CCOc1ccc(-n2cc[nH]c2=O)cc1CN. The summed E-state index contributed by atoms with van der Waals surface area (Å²) in [5.41, 5.74) is 7.16. The van der Waals surface area contributed by atoms with E-state index in [0.29, 0.717) is 13.2 Å². The number of aromatic nitrogens is 2. The van der Waals surface area contributed by atoms with Crippen LogP contribution in [0.3, 0.4) is 0 Å². The van der Waals surface area contributed by atoms with Gasteiger partial charge in [-0.25, -0.2) is 4.79 Å². The van der Waals surface area contributed by atoms with Gasteiger partial charge in [-0.2, -0.15) is 0 Å². The van der Waals surface area contributed by atoms with Crippen molar-refractivity contribution < 1.29 is 4.74 Å². The number of ether oxygens (including phenoxy) is 1. The average molecular weight is 233 g/mol. The molecule has 0 aliphatic rings. The van der Waals surface area contributed by atoms with E-state index in [0.717, 1.165) is 17.0 Å². The van der Waals surface area contributed by atoms with Crippen LogP contribution in [0.15, 0.2) is 35.4 Å². The van der Waals surface area contributed by atoms with Crippen molar-refractivity contribution in [2.45, 2.75) is 13.5 Å². The second-order valence-corrected chi connectivity index (χ2v) is 3.56. The van der Waals surface area contributed by atoms with Crippen LogP contribution in [0.5, 0.6) is 5.75 Å². The first-order valence-corrected chi connectivity index (χ1v) is 5.48. The molecule has 0 amide bonds. The van der Waals surface area contributed by atoms with Gasteiger partial charge in [-0.1, -0.05) is 0 Å². The largest absolute Gasteiger partial charge is 0.494 e. The van der Waals surface area contributed by atoms with Crippen molar-refractivity contribution in [2.75, 3.05) is 6.61 Å². The number of nitrogens with zero attached hydrogens (tertiary/aromatic N) is 1. The molecule has 0 fully saturated rings. The Balaban J connectivity index is 2.45. The van der Waals surface area contributed by atoms with E-state index < -0.39 is 0 Å². The fourth-order valence-corrected chi connectivity index (χ4v) is 1.70. The molecule has 2 rings (SSSR count). The molecule has 0 aliphatic carbocycles. The van der Waals surface area contributed by atoms with E-state index in [-0.39, 0.29) is 5.69 Å². The second-order valence-electron chi connectivity index (χ2n) is 3.56. The van der Waals surface area contributed by atoms with Gasteiger partial charge < -0.3 is 15.5 Å². The normalized spacial score (nSPS) is 10.5. The molecule has 3 N–H and O–H groups in total. The molecular formula is C12H15N3O2. The highest BCUT2D eigenvalue weighted by Gasteiger charge is 2.06. The molecule has 2 aromatic rings. The number of hydrogen-bond donors (Lipinski definition) is 2. The zero-order chi connectivity index (χ0) is 12.3. The van der Waals surface area contributed by atoms with Gasteiger partial charge in [0, 0.05) is 24.5 Å². The van der Waals surface area contributed by atoms with E-state index in [9.17, 15) is 4.79 Å². The molecule has 0 saturated heterocycles. The van der Waals surface area contributed by atoms with E-state index in [2.05, 4.69) is 4.98 Å². The minimum Gasteiger partial charge on any atom is -0.494 e. The molecule has 17 heavy (non-hydrogen) atoms. The Morgan fingerprint density at radius 2 is 2.29 bits per heavy atom. The number of rotatable bonds is 4. The third-order valence-electron chi connectivity index (χ3n) is 2.49. The quantitative estimate of drug-likeness (QED) is 0.828. The number of H-pyrrole nitrogens is 1. The van der Waals surface area contributed by atoms with Crippen LogP contribution in [0.25, 0.3) is 5.69 Å². The third kappa shape index (κ3) is 2.24. The lowest BCUT2D eigenvalue weighted by Gasteiger charge is -2.10.